The van der Waals surface area contributed by atoms with Crippen LogP contribution in [-0.4, -0.2) is 16.5 Å². The summed E-state index contributed by atoms with van der Waals surface area (Å²) in [6, 6.07) is 0. The number of hydrogen-bond donors (Lipinski definition) is 2. The minimum atomic E-state index is -0.136. The molecule has 1 aliphatic rings. The lowest BCUT2D eigenvalue weighted by Gasteiger charge is -2.41. The van der Waals surface area contributed by atoms with Crippen molar-refractivity contribution in [3.05, 3.63) is 22.7 Å². The molecule has 0 radical (unpaired) electrons. The van der Waals surface area contributed by atoms with Crippen molar-refractivity contribution in [3.8, 4) is 0 Å². The molecule has 2 N–H and O–H groups in total. The third-order valence-electron chi connectivity index (χ3n) is 3.50. The van der Waals surface area contributed by atoms with Gasteiger partial charge in [-0.3, -0.25) is 4.79 Å². The molecule has 1 aromatic rings. The van der Waals surface area contributed by atoms with Crippen molar-refractivity contribution in [3.63, 3.8) is 0 Å². The molecule has 0 bridgehead atoms. The first-order chi connectivity index (χ1) is 7.26. The molecule has 15 heavy (non-hydrogen) atoms. The fraction of sp³-hybridized carbons (Fsp3) is 0.636. The van der Waals surface area contributed by atoms with Crippen molar-refractivity contribution in [1.29, 1.82) is 0 Å². The Kier molecular flexibility index (Phi) is 2.75. The summed E-state index contributed by atoms with van der Waals surface area (Å²) < 4.78 is 0. The maximum atomic E-state index is 11.4. The van der Waals surface area contributed by atoms with Crippen molar-refractivity contribution < 1.29 is 0 Å². The van der Waals surface area contributed by atoms with Gasteiger partial charge in [-0.15, -0.1) is 0 Å². The zero-order chi connectivity index (χ0) is 10.7. The Morgan fingerprint density at radius 3 is 2.93 bits per heavy atom. The van der Waals surface area contributed by atoms with E-state index in [9.17, 15) is 4.79 Å². The van der Waals surface area contributed by atoms with Crippen LogP contribution in [0.3, 0.4) is 0 Å². The lowest BCUT2D eigenvalue weighted by molar-refractivity contribution is 0.145. The average molecular weight is 207 g/mol. The highest BCUT2D eigenvalue weighted by molar-refractivity contribution is 5.30. The molecular weight excluding hydrogens is 190 g/mol. The molecule has 2 rings (SSSR count). The highest BCUT2D eigenvalue weighted by atomic mass is 16.1. The van der Waals surface area contributed by atoms with Crippen LogP contribution in [0.4, 0.5) is 5.82 Å². The Labute approximate surface area is 89.1 Å². The molecule has 1 saturated carbocycles. The average Bonchev–Trinajstić information content (AvgIpc) is 2.19. The number of aromatic nitrogens is 2. The van der Waals surface area contributed by atoms with Gasteiger partial charge in [-0.25, -0.2) is 4.98 Å². The molecule has 0 saturated heterocycles. The van der Waals surface area contributed by atoms with Crippen molar-refractivity contribution in [2.75, 3.05) is 11.9 Å². The van der Waals surface area contributed by atoms with Crippen LogP contribution >= 0.6 is 0 Å². The van der Waals surface area contributed by atoms with Gasteiger partial charge in [0.25, 0.3) is 5.56 Å². The fourth-order valence-corrected chi connectivity index (χ4v) is 2.08. The quantitative estimate of drug-likeness (QED) is 0.791. The Morgan fingerprint density at radius 2 is 2.40 bits per heavy atom. The smallest absolute Gasteiger partial charge is 0.290 e. The maximum absolute atomic E-state index is 11.4. The molecule has 1 aliphatic carbocycles. The summed E-state index contributed by atoms with van der Waals surface area (Å²) in [5.41, 5.74) is 0.271. The fourth-order valence-electron chi connectivity index (χ4n) is 2.08. The van der Waals surface area contributed by atoms with E-state index in [0.29, 0.717) is 11.2 Å². The van der Waals surface area contributed by atoms with E-state index in [1.165, 1.54) is 25.7 Å². The number of nitrogens with zero attached hydrogens (tertiary/aromatic N) is 1. The van der Waals surface area contributed by atoms with Gasteiger partial charge >= 0.3 is 0 Å². The Balaban J connectivity index is 1.99. The van der Waals surface area contributed by atoms with E-state index >= 15 is 0 Å². The van der Waals surface area contributed by atoms with Gasteiger partial charge in [0.05, 0.1) is 0 Å². The van der Waals surface area contributed by atoms with Crippen molar-refractivity contribution in [1.82, 2.24) is 9.97 Å². The number of hydrogen-bond acceptors (Lipinski definition) is 3. The Hall–Kier alpha value is -1.32. The monoisotopic (exact) mass is 207 g/mol. The number of anilines is 1. The van der Waals surface area contributed by atoms with Crippen molar-refractivity contribution in [2.45, 2.75) is 32.6 Å². The molecule has 1 fully saturated rings. The van der Waals surface area contributed by atoms with Gasteiger partial charge in [0.15, 0.2) is 5.82 Å². The van der Waals surface area contributed by atoms with Gasteiger partial charge in [-0.1, -0.05) is 13.3 Å². The van der Waals surface area contributed by atoms with E-state index in [0.717, 1.165) is 6.54 Å². The van der Waals surface area contributed by atoms with Crippen molar-refractivity contribution in [2.24, 2.45) is 5.41 Å². The van der Waals surface area contributed by atoms with E-state index in [-0.39, 0.29) is 5.56 Å². The lowest BCUT2D eigenvalue weighted by Crippen LogP contribution is -2.37. The number of rotatable bonds is 4. The van der Waals surface area contributed by atoms with E-state index in [1.54, 1.807) is 12.4 Å². The largest absolute Gasteiger partial charge is 0.365 e. The number of aromatic amines is 1. The van der Waals surface area contributed by atoms with Crippen LogP contribution in [0.15, 0.2) is 17.2 Å². The molecule has 0 atom stereocenters. The van der Waals surface area contributed by atoms with Crippen LogP contribution in [0.2, 0.25) is 0 Å². The molecule has 4 nitrogen and oxygen atoms in total. The lowest BCUT2D eigenvalue weighted by atomic mass is 9.67. The second kappa shape index (κ2) is 4.04. The molecule has 82 valence electrons. The summed E-state index contributed by atoms with van der Waals surface area (Å²) in [5, 5.41) is 3.15. The normalized spacial score (nSPS) is 18.2. The van der Waals surface area contributed by atoms with E-state index in [4.69, 9.17) is 0 Å². The molecule has 0 unspecified atom stereocenters. The zero-order valence-electron chi connectivity index (χ0n) is 9.05. The summed E-state index contributed by atoms with van der Waals surface area (Å²) in [5.74, 6) is 0.442. The molecular formula is C11H17N3O. The summed E-state index contributed by atoms with van der Waals surface area (Å²) in [4.78, 5) is 18.0. The first kappa shape index (κ1) is 10.2. The topological polar surface area (TPSA) is 57.8 Å². The molecule has 0 aromatic carbocycles. The van der Waals surface area contributed by atoms with Gasteiger partial charge in [0, 0.05) is 18.9 Å². The third-order valence-corrected chi connectivity index (χ3v) is 3.50. The van der Waals surface area contributed by atoms with Gasteiger partial charge in [0.2, 0.25) is 0 Å². The summed E-state index contributed by atoms with van der Waals surface area (Å²) in [6.07, 6.45) is 8.16. The first-order valence-electron chi connectivity index (χ1n) is 5.53. The van der Waals surface area contributed by atoms with Crippen LogP contribution in [0.25, 0.3) is 0 Å². The molecule has 0 amide bonds. The first-order valence-corrected chi connectivity index (χ1v) is 5.53. The summed E-state index contributed by atoms with van der Waals surface area (Å²) >= 11 is 0. The molecule has 0 spiro atoms. The van der Waals surface area contributed by atoms with Gasteiger partial charge < -0.3 is 10.3 Å². The summed E-state index contributed by atoms with van der Waals surface area (Å²) in [6.45, 7) is 3.08. The maximum Gasteiger partial charge on any atom is 0.290 e. The highest BCUT2D eigenvalue weighted by Gasteiger charge is 2.34. The Bertz CT molecular complexity index is 376. The summed E-state index contributed by atoms with van der Waals surface area (Å²) in [7, 11) is 0. The van der Waals surface area contributed by atoms with Crippen LogP contribution in [-0.2, 0) is 0 Å². The van der Waals surface area contributed by atoms with Gasteiger partial charge in [-0.05, 0) is 24.7 Å². The highest BCUT2D eigenvalue weighted by Crippen LogP contribution is 2.43. The van der Waals surface area contributed by atoms with E-state index in [1.807, 2.05) is 0 Å². The SMILES string of the molecule is CCC1(CNc2ncc[nH]c2=O)CCC1. The van der Waals surface area contributed by atoms with Crippen LogP contribution in [0.5, 0.6) is 0 Å². The second-order valence-corrected chi connectivity index (χ2v) is 4.33. The number of nitrogens with one attached hydrogen (secondary N) is 2. The Morgan fingerprint density at radius 1 is 1.60 bits per heavy atom. The van der Waals surface area contributed by atoms with Gasteiger partial charge in [0.1, 0.15) is 0 Å². The van der Waals surface area contributed by atoms with Crippen molar-refractivity contribution >= 4 is 5.82 Å². The van der Waals surface area contributed by atoms with Crippen LogP contribution in [0.1, 0.15) is 32.6 Å². The minimum absolute atomic E-state index is 0.136. The van der Waals surface area contributed by atoms with E-state index < -0.39 is 0 Å². The third kappa shape index (κ3) is 2.03. The predicted octanol–water partition coefficient (Wildman–Crippen LogP) is 1.76. The predicted molar refractivity (Wildman–Crippen MR) is 59.9 cm³/mol. The van der Waals surface area contributed by atoms with Crippen LogP contribution in [0, 0.1) is 5.41 Å². The van der Waals surface area contributed by atoms with E-state index in [2.05, 4.69) is 22.2 Å². The molecule has 0 aliphatic heterocycles. The van der Waals surface area contributed by atoms with Crippen LogP contribution < -0.4 is 10.9 Å². The standard InChI is InChI=1S/C11H17N3O/c1-2-11(4-3-5-11)8-14-9-10(15)13-7-6-12-9/h6-7H,2-5,8H2,1H3,(H,12,14)(H,13,15). The minimum Gasteiger partial charge on any atom is -0.365 e. The number of H-pyrrole nitrogens is 1. The molecule has 1 heterocycles. The molecule has 1 aromatic heterocycles. The molecule has 4 heteroatoms. The zero-order valence-corrected chi connectivity index (χ0v) is 9.05. The van der Waals surface area contributed by atoms with Gasteiger partial charge in [-0.2, -0.15) is 0 Å². The second-order valence-electron chi connectivity index (χ2n) is 4.33.